The SMILES string of the molecule is CCCCC/C=C/C/C=C/CCCCCCCC(=O)NCCSCCNC(=O)CCCCCCC/C=C/C/C=C/CCCCC. The van der Waals surface area contributed by atoms with Crippen LogP contribution in [-0.2, 0) is 9.59 Å². The van der Waals surface area contributed by atoms with Crippen LogP contribution in [0, 0.1) is 0 Å². The van der Waals surface area contributed by atoms with Gasteiger partial charge in [-0.3, -0.25) is 9.59 Å². The summed E-state index contributed by atoms with van der Waals surface area (Å²) < 4.78 is 0. The third kappa shape index (κ3) is 38.3. The fourth-order valence-corrected chi connectivity index (χ4v) is 5.69. The van der Waals surface area contributed by atoms with Crippen molar-refractivity contribution in [3.8, 4) is 0 Å². The van der Waals surface area contributed by atoms with Gasteiger partial charge in [0.05, 0.1) is 0 Å². The van der Waals surface area contributed by atoms with Crippen LogP contribution in [0.25, 0.3) is 0 Å². The van der Waals surface area contributed by atoms with Crippen LogP contribution in [0.3, 0.4) is 0 Å². The molecule has 2 N–H and O–H groups in total. The van der Waals surface area contributed by atoms with E-state index >= 15 is 0 Å². The Kier molecular flexibility index (Phi) is 36.9. The van der Waals surface area contributed by atoms with Crippen LogP contribution in [-0.4, -0.2) is 36.4 Å². The first-order chi connectivity index (χ1) is 22.2. The van der Waals surface area contributed by atoms with Crippen LogP contribution in [0.1, 0.15) is 168 Å². The van der Waals surface area contributed by atoms with Gasteiger partial charge in [-0.15, -0.1) is 0 Å². The van der Waals surface area contributed by atoms with Crippen molar-refractivity contribution in [2.45, 2.75) is 168 Å². The molecule has 0 heterocycles. The molecule has 0 fully saturated rings. The monoisotopic (exact) mass is 645 g/mol. The molecule has 0 unspecified atom stereocenters. The van der Waals surface area contributed by atoms with Gasteiger partial charge in [0, 0.05) is 37.4 Å². The lowest BCUT2D eigenvalue weighted by Gasteiger charge is -2.07. The maximum Gasteiger partial charge on any atom is 0.220 e. The van der Waals surface area contributed by atoms with Crippen molar-refractivity contribution in [2.75, 3.05) is 24.6 Å². The summed E-state index contributed by atoms with van der Waals surface area (Å²) in [6.45, 7) is 5.92. The van der Waals surface area contributed by atoms with E-state index in [9.17, 15) is 9.59 Å². The number of hydrogen-bond donors (Lipinski definition) is 2. The van der Waals surface area contributed by atoms with Gasteiger partial charge in [0.15, 0.2) is 0 Å². The Morgan fingerprint density at radius 1 is 0.444 bits per heavy atom. The number of hydrogen-bond acceptors (Lipinski definition) is 3. The van der Waals surface area contributed by atoms with Gasteiger partial charge < -0.3 is 10.6 Å². The van der Waals surface area contributed by atoms with Gasteiger partial charge >= 0.3 is 0 Å². The predicted molar refractivity (Wildman–Crippen MR) is 202 cm³/mol. The smallest absolute Gasteiger partial charge is 0.220 e. The second-order valence-corrected chi connectivity index (χ2v) is 13.5. The number of rotatable bonds is 34. The van der Waals surface area contributed by atoms with Gasteiger partial charge in [-0.2, -0.15) is 11.8 Å². The zero-order valence-electron chi connectivity index (χ0n) is 29.6. The molecule has 0 aromatic heterocycles. The molecule has 0 spiro atoms. The number of thioether (sulfide) groups is 1. The highest BCUT2D eigenvalue weighted by molar-refractivity contribution is 7.99. The molecule has 0 aliphatic heterocycles. The van der Waals surface area contributed by atoms with Gasteiger partial charge in [-0.25, -0.2) is 0 Å². The van der Waals surface area contributed by atoms with Crippen LogP contribution < -0.4 is 10.6 Å². The van der Waals surface area contributed by atoms with E-state index in [2.05, 4.69) is 73.1 Å². The van der Waals surface area contributed by atoms with E-state index in [1.54, 1.807) is 11.8 Å². The lowest BCUT2D eigenvalue weighted by molar-refractivity contribution is -0.121. The Bertz CT molecular complexity index is 697. The van der Waals surface area contributed by atoms with Crippen LogP contribution in [0.5, 0.6) is 0 Å². The Labute approximate surface area is 284 Å². The third-order valence-electron chi connectivity index (χ3n) is 7.85. The van der Waals surface area contributed by atoms with E-state index in [0.29, 0.717) is 25.9 Å². The van der Waals surface area contributed by atoms with Crippen molar-refractivity contribution in [1.29, 1.82) is 0 Å². The zero-order chi connectivity index (χ0) is 32.7. The fraction of sp³-hybridized carbons (Fsp3) is 0.750. The van der Waals surface area contributed by atoms with Crippen molar-refractivity contribution >= 4 is 23.6 Å². The average molecular weight is 645 g/mol. The predicted octanol–water partition coefficient (Wildman–Crippen LogP) is 11.6. The number of nitrogens with one attached hydrogen (secondary N) is 2. The number of carbonyl (C=O) groups is 2. The Balaban J connectivity index is 3.36. The molecule has 0 saturated heterocycles. The minimum Gasteiger partial charge on any atom is -0.355 e. The molecule has 0 bridgehead atoms. The molecule has 0 radical (unpaired) electrons. The molecule has 0 atom stereocenters. The van der Waals surface area contributed by atoms with Crippen molar-refractivity contribution in [3.63, 3.8) is 0 Å². The third-order valence-corrected chi connectivity index (χ3v) is 8.83. The normalized spacial score (nSPS) is 12.0. The second-order valence-electron chi connectivity index (χ2n) is 12.3. The molecule has 45 heavy (non-hydrogen) atoms. The van der Waals surface area contributed by atoms with E-state index in [1.165, 1.54) is 103 Å². The first kappa shape index (κ1) is 43.2. The fourth-order valence-electron chi connectivity index (χ4n) is 5.00. The quantitative estimate of drug-likeness (QED) is 0.0541. The van der Waals surface area contributed by atoms with Gasteiger partial charge in [0.25, 0.3) is 0 Å². The maximum atomic E-state index is 12.0. The molecule has 0 aromatic carbocycles. The summed E-state index contributed by atoms with van der Waals surface area (Å²) in [7, 11) is 0. The molecule has 4 nitrogen and oxygen atoms in total. The molecule has 0 rings (SSSR count). The lowest BCUT2D eigenvalue weighted by atomic mass is 10.1. The Morgan fingerprint density at radius 3 is 1.16 bits per heavy atom. The maximum absolute atomic E-state index is 12.0. The second kappa shape index (κ2) is 38.4. The molecular weight excluding hydrogens is 573 g/mol. The zero-order valence-corrected chi connectivity index (χ0v) is 30.5. The molecule has 2 amide bonds. The molecule has 5 heteroatoms. The highest BCUT2D eigenvalue weighted by Gasteiger charge is 2.02. The van der Waals surface area contributed by atoms with Gasteiger partial charge in [-0.1, -0.05) is 127 Å². The van der Waals surface area contributed by atoms with E-state index in [4.69, 9.17) is 0 Å². The van der Waals surface area contributed by atoms with Crippen molar-refractivity contribution in [1.82, 2.24) is 10.6 Å². The van der Waals surface area contributed by atoms with Crippen LogP contribution >= 0.6 is 11.8 Å². The van der Waals surface area contributed by atoms with Crippen molar-refractivity contribution in [3.05, 3.63) is 48.6 Å². The summed E-state index contributed by atoms with van der Waals surface area (Å²) >= 11 is 1.79. The van der Waals surface area contributed by atoms with Crippen molar-refractivity contribution in [2.24, 2.45) is 0 Å². The summed E-state index contributed by atoms with van der Waals surface area (Å²) in [6, 6.07) is 0. The first-order valence-electron chi connectivity index (χ1n) is 18.9. The number of carbonyl (C=O) groups excluding carboxylic acids is 2. The molecule has 260 valence electrons. The summed E-state index contributed by atoms with van der Waals surface area (Å²) in [6.07, 6.45) is 46.2. The lowest BCUT2D eigenvalue weighted by Crippen LogP contribution is -2.27. The summed E-state index contributed by atoms with van der Waals surface area (Å²) in [5, 5.41) is 6.07. The van der Waals surface area contributed by atoms with E-state index < -0.39 is 0 Å². The molecule has 0 aliphatic carbocycles. The average Bonchev–Trinajstić information content (AvgIpc) is 3.04. The van der Waals surface area contributed by atoms with E-state index in [-0.39, 0.29) is 11.8 Å². The molecule has 0 aromatic rings. The molecular formula is C40H72N2O2S. The Hall–Kier alpha value is -1.75. The van der Waals surface area contributed by atoms with Crippen LogP contribution in [0.4, 0.5) is 0 Å². The highest BCUT2D eigenvalue weighted by Crippen LogP contribution is 2.10. The molecule has 0 saturated carbocycles. The van der Waals surface area contributed by atoms with Gasteiger partial charge in [-0.05, 0) is 77.0 Å². The minimum atomic E-state index is 0.173. The minimum absolute atomic E-state index is 0.173. The topological polar surface area (TPSA) is 58.2 Å². The standard InChI is InChI=1S/C40H72N2O2S/c1-3-5-7-9-11-13-15-17-19-21-23-25-27-29-31-33-39(43)41-35-37-45-38-36-42-40(44)34-32-30-28-26-24-22-20-18-16-14-12-10-8-6-4-2/h11-14,17-20H,3-10,15-16,21-38H2,1-2H3,(H,41,43)(H,42,44)/b13-11+,14-12+,19-17+,20-18+. The molecule has 0 aliphatic rings. The van der Waals surface area contributed by atoms with E-state index in [1.807, 2.05) is 0 Å². The van der Waals surface area contributed by atoms with E-state index in [0.717, 1.165) is 50.0 Å². The van der Waals surface area contributed by atoms with Gasteiger partial charge in [0.2, 0.25) is 11.8 Å². The first-order valence-corrected chi connectivity index (χ1v) is 20.1. The number of allylic oxidation sites excluding steroid dienone is 8. The van der Waals surface area contributed by atoms with Crippen LogP contribution in [0.15, 0.2) is 48.6 Å². The Morgan fingerprint density at radius 2 is 0.778 bits per heavy atom. The van der Waals surface area contributed by atoms with Crippen molar-refractivity contribution < 1.29 is 9.59 Å². The van der Waals surface area contributed by atoms with Crippen LogP contribution in [0.2, 0.25) is 0 Å². The largest absolute Gasteiger partial charge is 0.355 e. The number of unbranched alkanes of at least 4 members (excludes halogenated alkanes) is 16. The highest BCUT2D eigenvalue weighted by atomic mass is 32.2. The summed E-state index contributed by atoms with van der Waals surface area (Å²) in [5.74, 6) is 2.14. The summed E-state index contributed by atoms with van der Waals surface area (Å²) in [5.41, 5.74) is 0. The summed E-state index contributed by atoms with van der Waals surface area (Å²) in [4.78, 5) is 24.1. The van der Waals surface area contributed by atoms with Gasteiger partial charge in [0.1, 0.15) is 0 Å². The number of amides is 2.